The van der Waals surface area contributed by atoms with E-state index >= 15 is 4.39 Å². The van der Waals surface area contributed by atoms with Gasteiger partial charge in [-0.2, -0.15) is 4.98 Å². The summed E-state index contributed by atoms with van der Waals surface area (Å²) >= 11 is 0. The quantitative estimate of drug-likeness (QED) is 0.534. The zero-order valence-electron chi connectivity index (χ0n) is 17.4. The second-order valence-corrected chi connectivity index (χ2v) is 7.82. The molecule has 1 fully saturated rings. The summed E-state index contributed by atoms with van der Waals surface area (Å²) in [4.78, 5) is 6.33. The minimum absolute atomic E-state index is 0.189. The molecule has 2 atom stereocenters. The molecular weight excluding hydrogens is 406 g/mol. The highest BCUT2D eigenvalue weighted by Gasteiger charge is 2.29. The van der Waals surface area contributed by atoms with E-state index in [0.717, 1.165) is 12.1 Å². The lowest BCUT2D eigenvalue weighted by atomic mass is 10.0. The molecule has 9 nitrogen and oxygen atoms in total. The van der Waals surface area contributed by atoms with E-state index in [4.69, 9.17) is 4.74 Å². The summed E-state index contributed by atoms with van der Waals surface area (Å²) in [6.45, 7) is 1.11. The second kappa shape index (κ2) is 7.41. The number of alkyl halides is 1. The first-order valence-electron chi connectivity index (χ1n) is 9.96. The van der Waals surface area contributed by atoms with Crippen molar-refractivity contribution >= 4 is 22.5 Å². The Morgan fingerprint density at radius 3 is 2.87 bits per heavy atom. The molecule has 31 heavy (non-hydrogen) atoms. The maximum Gasteiger partial charge on any atom is 0.244 e. The number of hydrogen-bond donors (Lipinski definition) is 1. The number of benzene rings is 1. The van der Waals surface area contributed by atoms with Crippen molar-refractivity contribution in [1.29, 1.82) is 0 Å². The van der Waals surface area contributed by atoms with Gasteiger partial charge in [-0.25, -0.2) is 18.0 Å². The predicted octanol–water partition coefficient (Wildman–Crippen LogP) is 2.28. The molecule has 0 spiro atoms. The number of ether oxygens (including phenoxy) is 1. The summed E-state index contributed by atoms with van der Waals surface area (Å²) in [5, 5.41) is 15.5. The Bertz CT molecular complexity index is 1270. The zero-order valence-corrected chi connectivity index (χ0v) is 17.4. The molecule has 1 aliphatic heterocycles. The number of aryl methyl sites for hydroxylation is 1. The van der Waals surface area contributed by atoms with Crippen molar-refractivity contribution in [2.75, 3.05) is 32.6 Å². The van der Waals surface area contributed by atoms with Gasteiger partial charge >= 0.3 is 0 Å². The standard InChI is InChI=1S/C20H22F2N8O/c1-28-7-6-14(12(21)9-28)23-20-24-19(31-3)18-17(13(22)10-30(18)26-20)11-4-5-15-16(8-11)29(2)27-25-15/h4-5,8,10,12,14H,6-7,9H2,1-3H3,(H,23,26)/t12-,14+/m1/s1. The molecule has 3 aromatic heterocycles. The number of fused-ring (bicyclic) bond motifs is 2. The van der Waals surface area contributed by atoms with Crippen LogP contribution < -0.4 is 10.1 Å². The van der Waals surface area contributed by atoms with Gasteiger partial charge in [-0.3, -0.25) is 0 Å². The minimum atomic E-state index is -1.06. The number of aromatic nitrogens is 6. The Balaban J connectivity index is 1.58. The minimum Gasteiger partial charge on any atom is -0.479 e. The number of rotatable bonds is 4. The lowest BCUT2D eigenvalue weighted by molar-refractivity contribution is 0.149. The summed E-state index contributed by atoms with van der Waals surface area (Å²) in [6, 6.07) is 4.95. The number of nitrogens with zero attached hydrogens (tertiary/aromatic N) is 7. The van der Waals surface area contributed by atoms with Crippen molar-refractivity contribution in [3.63, 3.8) is 0 Å². The summed E-state index contributed by atoms with van der Waals surface area (Å²) in [5.41, 5.74) is 2.81. The molecule has 0 aliphatic carbocycles. The van der Waals surface area contributed by atoms with E-state index in [1.165, 1.54) is 17.8 Å². The average Bonchev–Trinajstić information content (AvgIpc) is 3.28. The van der Waals surface area contributed by atoms with Gasteiger partial charge in [0.2, 0.25) is 11.8 Å². The number of methoxy groups -OCH3 is 1. The topological polar surface area (TPSA) is 85.4 Å². The smallest absolute Gasteiger partial charge is 0.244 e. The number of anilines is 1. The molecule has 4 aromatic rings. The molecule has 1 N–H and O–H groups in total. The van der Waals surface area contributed by atoms with Gasteiger partial charge in [0.05, 0.1) is 30.4 Å². The second-order valence-electron chi connectivity index (χ2n) is 7.82. The molecule has 0 bridgehead atoms. The van der Waals surface area contributed by atoms with E-state index in [1.807, 2.05) is 18.0 Å². The number of hydrogen-bond acceptors (Lipinski definition) is 7. The molecule has 0 radical (unpaired) electrons. The Kier molecular flexibility index (Phi) is 4.69. The van der Waals surface area contributed by atoms with Gasteiger partial charge in [0.25, 0.3) is 0 Å². The van der Waals surface area contributed by atoms with Gasteiger partial charge in [-0.05, 0) is 31.2 Å². The molecule has 162 valence electrons. The third-order valence-corrected chi connectivity index (χ3v) is 5.70. The van der Waals surface area contributed by atoms with E-state index in [0.29, 0.717) is 35.1 Å². The highest BCUT2D eigenvalue weighted by molar-refractivity contribution is 5.89. The maximum atomic E-state index is 15.1. The van der Waals surface area contributed by atoms with Crippen LogP contribution in [0.3, 0.4) is 0 Å². The van der Waals surface area contributed by atoms with E-state index < -0.39 is 18.0 Å². The van der Waals surface area contributed by atoms with Crippen LogP contribution in [-0.4, -0.2) is 74.0 Å². The predicted molar refractivity (Wildman–Crippen MR) is 111 cm³/mol. The largest absolute Gasteiger partial charge is 0.479 e. The van der Waals surface area contributed by atoms with Gasteiger partial charge in [0.15, 0.2) is 5.82 Å². The lowest BCUT2D eigenvalue weighted by Crippen LogP contribution is -2.46. The van der Waals surface area contributed by atoms with Crippen molar-refractivity contribution in [3.8, 4) is 17.0 Å². The van der Waals surface area contributed by atoms with Crippen LogP contribution in [0.2, 0.25) is 0 Å². The average molecular weight is 428 g/mol. The number of halogens is 2. The normalized spacial score (nSPS) is 19.9. The van der Waals surface area contributed by atoms with Gasteiger partial charge in [-0.15, -0.1) is 10.2 Å². The van der Waals surface area contributed by atoms with Crippen molar-refractivity contribution < 1.29 is 13.5 Å². The first-order valence-corrected chi connectivity index (χ1v) is 9.96. The SMILES string of the molecule is COc1nc(N[C@H]2CCN(C)C[C@H]2F)nn2cc(F)c(-c3ccc4nnn(C)c4c3)c12. The van der Waals surface area contributed by atoms with E-state index in [9.17, 15) is 4.39 Å². The Hall–Kier alpha value is -3.34. The fraction of sp³-hybridized carbons (Fsp3) is 0.400. The van der Waals surface area contributed by atoms with Crippen molar-refractivity contribution in [1.82, 2.24) is 34.5 Å². The van der Waals surface area contributed by atoms with E-state index in [-0.39, 0.29) is 11.8 Å². The van der Waals surface area contributed by atoms with Gasteiger partial charge in [0, 0.05) is 20.1 Å². The molecule has 1 aromatic carbocycles. The van der Waals surface area contributed by atoms with Crippen molar-refractivity contribution in [2.45, 2.75) is 18.6 Å². The highest BCUT2D eigenvalue weighted by atomic mass is 19.1. The van der Waals surface area contributed by atoms with Gasteiger partial charge < -0.3 is 15.0 Å². The lowest BCUT2D eigenvalue weighted by Gasteiger charge is -2.32. The zero-order chi connectivity index (χ0) is 21.7. The number of piperidine rings is 1. The van der Waals surface area contributed by atoms with E-state index in [2.05, 4.69) is 25.7 Å². The molecule has 1 aliphatic rings. The van der Waals surface area contributed by atoms with Crippen LogP contribution in [0.15, 0.2) is 24.4 Å². The summed E-state index contributed by atoms with van der Waals surface area (Å²) < 4.78 is 38.0. The summed E-state index contributed by atoms with van der Waals surface area (Å²) in [5.74, 6) is -0.0840. The fourth-order valence-electron chi connectivity index (χ4n) is 4.07. The van der Waals surface area contributed by atoms with Crippen LogP contribution >= 0.6 is 0 Å². The van der Waals surface area contributed by atoms with E-state index in [1.54, 1.807) is 23.9 Å². The first kappa shape index (κ1) is 19.6. The Labute approximate surface area is 176 Å². The van der Waals surface area contributed by atoms with Crippen LogP contribution in [-0.2, 0) is 7.05 Å². The number of nitrogens with one attached hydrogen (secondary N) is 1. The maximum absolute atomic E-state index is 15.1. The molecule has 4 heterocycles. The molecule has 0 amide bonds. The molecular formula is C20H22F2N8O. The number of likely N-dealkylation sites (tertiary alicyclic amines) is 1. The van der Waals surface area contributed by atoms with Gasteiger partial charge in [-0.1, -0.05) is 11.3 Å². The fourth-order valence-corrected chi connectivity index (χ4v) is 4.07. The summed E-state index contributed by atoms with van der Waals surface area (Å²) in [7, 11) is 5.12. The monoisotopic (exact) mass is 428 g/mol. The van der Waals surface area contributed by atoms with Crippen molar-refractivity contribution in [3.05, 3.63) is 30.2 Å². The Morgan fingerprint density at radius 1 is 1.26 bits per heavy atom. The van der Waals surface area contributed by atoms with Crippen LogP contribution in [0.4, 0.5) is 14.7 Å². The van der Waals surface area contributed by atoms with Gasteiger partial charge in [0.1, 0.15) is 17.2 Å². The van der Waals surface area contributed by atoms with Crippen LogP contribution in [0.1, 0.15) is 6.42 Å². The van der Waals surface area contributed by atoms with Crippen molar-refractivity contribution in [2.24, 2.45) is 7.05 Å². The van der Waals surface area contributed by atoms with Crippen LogP contribution in [0.5, 0.6) is 5.88 Å². The third-order valence-electron chi connectivity index (χ3n) is 5.70. The first-order chi connectivity index (χ1) is 14.9. The van der Waals surface area contributed by atoms with Crippen LogP contribution in [0, 0.1) is 5.82 Å². The summed E-state index contributed by atoms with van der Waals surface area (Å²) in [6.07, 6.45) is 0.832. The molecule has 1 saturated heterocycles. The Morgan fingerprint density at radius 2 is 2.10 bits per heavy atom. The molecule has 0 unspecified atom stereocenters. The third kappa shape index (κ3) is 3.34. The molecule has 0 saturated carbocycles. The molecule has 11 heteroatoms. The highest BCUT2D eigenvalue weighted by Crippen LogP contribution is 2.35. The molecule has 5 rings (SSSR count). The van der Waals surface area contributed by atoms with Crippen LogP contribution in [0.25, 0.3) is 27.7 Å².